The summed E-state index contributed by atoms with van der Waals surface area (Å²) in [4.78, 5) is 4.49. The molecule has 100 valence electrons. The van der Waals surface area contributed by atoms with Gasteiger partial charge in [0.15, 0.2) is 0 Å². The molecule has 0 spiro atoms. The molecule has 3 rings (SSSR count). The number of aromatic nitrogens is 1. The fraction of sp³-hybridized carbons (Fsp3) is 0.400. The summed E-state index contributed by atoms with van der Waals surface area (Å²) in [5.41, 5.74) is 2.11. The van der Waals surface area contributed by atoms with Crippen LogP contribution in [0, 0.1) is 6.92 Å². The van der Waals surface area contributed by atoms with Crippen molar-refractivity contribution in [2.24, 2.45) is 0 Å². The van der Waals surface area contributed by atoms with E-state index in [9.17, 15) is 0 Å². The molecule has 0 amide bonds. The first-order valence-electron chi connectivity index (χ1n) is 6.48. The monoisotopic (exact) mass is 274 g/mol. The summed E-state index contributed by atoms with van der Waals surface area (Å²) in [6.07, 6.45) is 0. The third-order valence-corrected chi connectivity index (χ3v) is 4.27. The standard InChI is InChI=1S/C15H18N2OS/c1-10-17-11(9-19-10)8-16-14-12-6-4-5-7-13(12)18-15(14,2)3/h4-7,9,14,16H,8H2,1-3H3. The molecule has 0 aliphatic carbocycles. The molecule has 1 aromatic heterocycles. The van der Waals surface area contributed by atoms with Crippen molar-refractivity contribution >= 4 is 11.3 Å². The highest BCUT2D eigenvalue weighted by Gasteiger charge is 2.40. The van der Waals surface area contributed by atoms with Gasteiger partial charge in [-0.15, -0.1) is 11.3 Å². The van der Waals surface area contributed by atoms with E-state index in [1.165, 1.54) is 5.56 Å². The smallest absolute Gasteiger partial charge is 0.125 e. The van der Waals surface area contributed by atoms with Gasteiger partial charge in [-0.05, 0) is 26.8 Å². The van der Waals surface area contributed by atoms with Crippen molar-refractivity contribution in [3.63, 3.8) is 0 Å². The van der Waals surface area contributed by atoms with Gasteiger partial charge < -0.3 is 10.1 Å². The van der Waals surface area contributed by atoms with Crippen molar-refractivity contribution in [3.8, 4) is 5.75 Å². The maximum absolute atomic E-state index is 6.02. The molecule has 1 N–H and O–H groups in total. The summed E-state index contributed by atoms with van der Waals surface area (Å²) >= 11 is 1.69. The van der Waals surface area contributed by atoms with Crippen LogP contribution in [0.5, 0.6) is 5.75 Å². The fourth-order valence-corrected chi connectivity index (χ4v) is 3.19. The summed E-state index contributed by atoms with van der Waals surface area (Å²) in [6, 6.07) is 8.44. The molecule has 0 bridgehead atoms. The van der Waals surface area contributed by atoms with Crippen LogP contribution >= 0.6 is 11.3 Å². The van der Waals surface area contributed by atoms with E-state index >= 15 is 0 Å². The molecule has 1 aromatic carbocycles. The van der Waals surface area contributed by atoms with Gasteiger partial charge in [-0.1, -0.05) is 18.2 Å². The van der Waals surface area contributed by atoms with Gasteiger partial charge in [0, 0.05) is 17.5 Å². The quantitative estimate of drug-likeness (QED) is 0.930. The molecule has 0 saturated carbocycles. The van der Waals surface area contributed by atoms with Crippen molar-refractivity contribution in [2.75, 3.05) is 0 Å². The van der Waals surface area contributed by atoms with Crippen LogP contribution in [0.2, 0.25) is 0 Å². The van der Waals surface area contributed by atoms with E-state index in [1.807, 2.05) is 19.1 Å². The molecule has 19 heavy (non-hydrogen) atoms. The van der Waals surface area contributed by atoms with Crippen molar-refractivity contribution in [1.82, 2.24) is 10.3 Å². The van der Waals surface area contributed by atoms with E-state index in [-0.39, 0.29) is 11.6 Å². The molecule has 1 atom stereocenters. The molecule has 3 nitrogen and oxygen atoms in total. The third kappa shape index (κ3) is 2.38. The number of hydrogen-bond donors (Lipinski definition) is 1. The lowest BCUT2D eigenvalue weighted by atomic mass is 9.94. The Balaban J connectivity index is 1.79. The zero-order chi connectivity index (χ0) is 13.5. The average molecular weight is 274 g/mol. The predicted molar refractivity (Wildman–Crippen MR) is 77.6 cm³/mol. The first kappa shape index (κ1) is 12.6. The summed E-state index contributed by atoms with van der Waals surface area (Å²) in [5.74, 6) is 0.986. The number of benzene rings is 1. The molecule has 1 aliphatic rings. The normalized spacial score (nSPS) is 20.1. The van der Waals surface area contributed by atoms with Crippen LogP contribution in [0.3, 0.4) is 0 Å². The van der Waals surface area contributed by atoms with Gasteiger partial charge in [0.05, 0.1) is 16.7 Å². The number of para-hydroxylation sites is 1. The molecule has 2 heterocycles. The summed E-state index contributed by atoms with van der Waals surface area (Å²) in [6.45, 7) is 7.05. The fourth-order valence-electron chi connectivity index (χ4n) is 2.58. The highest BCUT2D eigenvalue weighted by Crippen LogP contribution is 2.42. The minimum atomic E-state index is -0.227. The number of thiazole rings is 1. The Hall–Kier alpha value is -1.39. The Labute approximate surface area is 117 Å². The topological polar surface area (TPSA) is 34.2 Å². The number of hydrogen-bond acceptors (Lipinski definition) is 4. The van der Waals surface area contributed by atoms with Crippen LogP contribution in [0.15, 0.2) is 29.6 Å². The second-order valence-electron chi connectivity index (χ2n) is 5.42. The number of fused-ring (bicyclic) bond motifs is 1. The molecular formula is C15H18N2OS. The van der Waals surface area contributed by atoms with Gasteiger partial charge in [-0.3, -0.25) is 0 Å². The SMILES string of the molecule is Cc1nc(CNC2c3ccccc3OC2(C)C)cs1. The van der Waals surface area contributed by atoms with E-state index in [0.29, 0.717) is 0 Å². The minimum Gasteiger partial charge on any atom is -0.486 e. The largest absolute Gasteiger partial charge is 0.486 e. The lowest BCUT2D eigenvalue weighted by Gasteiger charge is -2.27. The van der Waals surface area contributed by atoms with Gasteiger partial charge in [0.2, 0.25) is 0 Å². The van der Waals surface area contributed by atoms with Crippen LogP contribution in [0.1, 0.15) is 36.2 Å². The first-order chi connectivity index (χ1) is 9.06. The lowest BCUT2D eigenvalue weighted by molar-refractivity contribution is 0.0957. The zero-order valence-electron chi connectivity index (χ0n) is 11.4. The molecule has 4 heteroatoms. The number of rotatable bonds is 3. The molecule has 0 fully saturated rings. The van der Waals surface area contributed by atoms with E-state index < -0.39 is 0 Å². The number of ether oxygens (including phenoxy) is 1. The van der Waals surface area contributed by atoms with Gasteiger partial charge in [-0.25, -0.2) is 4.98 Å². The lowest BCUT2D eigenvalue weighted by Crippen LogP contribution is -2.38. The average Bonchev–Trinajstić information content (AvgIpc) is 2.87. The zero-order valence-corrected chi connectivity index (χ0v) is 12.3. The van der Waals surface area contributed by atoms with Crippen molar-refractivity contribution in [3.05, 3.63) is 45.9 Å². The van der Waals surface area contributed by atoms with Crippen LogP contribution in [0.4, 0.5) is 0 Å². The van der Waals surface area contributed by atoms with Crippen molar-refractivity contribution < 1.29 is 4.74 Å². The number of nitrogens with zero attached hydrogens (tertiary/aromatic N) is 1. The van der Waals surface area contributed by atoms with Gasteiger partial charge >= 0.3 is 0 Å². The molecule has 1 aliphatic heterocycles. The van der Waals surface area contributed by atoms with E-state index in [2.05, 4.69) is 41.7 Å². The molecule has 2 aromatic rings. The van der Waals surface area contributed by atoms with Gasteiger partial charge in [0.25, 0.3) is 0 Å². The highest BCUT2D eigenvalue weighted by atomic mass is 32.1. The summed E-state index contributed by atoms with van der Waals surface area (Å²) in [7, 11) is 0. The van der Waals surface area contributed by atoms with Crippen LogP contribution in [-0.4, -0.2) is 10.6 Å². The van der Waals surface area contributed by atoms with Crippen LogP contribution < -0.4 is 10.1 Å². The Morgan fingerprint density at radius 2 is 2.16 bits per heavy atom. The Morgan fingerprint density at radius 1 is 1.37 bits per heavy atom. The maximum atomic E-state index is 6.02. The van der Waals surface area contributed by atoms with E-state index in [0.717, 1.165) is 23.0 Å². The van der Waals surface area contributed by atoms with Crippen LogP contribution in [0.25, 0.3) is 0 Å². The Morgan fingerprint density at radius 3 is 2.89 bits per heavy atom. The third-order valence-electron chi connectivity index (χ3n) is 3.45. The Kier molecular flexibility index (Phi) is 3.07. The summed E-state index contributed by atoms with van der Waals surface area (Å²) in [5, 5.41) is 6.80. The van der Waals surface area contributed by atoms with Crippen LogP contribution in [-0.2, 0) is 6.54 Å². The molecular weight excluding hydrogens is 256 g/mol. The molecule has 0 saturated heterocycles. The maximum Gasteiger partial charge on any atom is 0.125 e. The molecule has 0 radical (unpaired) electrons. The second kappa shape index (κ2) is 4.62. The number of nitrogens with one attached hydrogen (secondary N) is 1. The van der Waals surface area contributed by atoms with E-state index in [4.69, 9.17) is 4.74 Å². The Bertz CT molecular complexity index is 591. The second-order valence-corrected chi connectivity index (χ2v) is 6.48. The number of aryl methyl sites for hydroxylation is 1. The first-order valence-corrected chi connectivity index (χ1v) is 7.36. The van der Waals surface area contributed by atoms with Gasteiger partial charge in [0.1, 0.15) is 11.4 Å². The summed E-state index contributed by atoms with van der Waals surface area (Å²) < 4.78 is 6.02. The van der Waals surface area contributed by atoms with Crippen molar-refractivity contribution in [1.29, 1.82) is 0 Å². The highest BCUT2D eigenvalue weighted by molar-refractivity contribution is 7.09. The minimum absolute atomic E-state index is 0.200. The molecule has 1 unspecified atom stereocenters. The van der Waals surface area contributed by atoms with E-state index in [1.54, 1.807) is 11.3 Å². The predicted octanol–water partition coefficient (Wildman–Crippen LogP) is 3.45. The van der Waals surface area contributed by atoms with Crippen molar-refractivity contribution in [2.45, 2.75) is 39.0 Å². The van der Waals surface area contributed by atoms with Gasteiger partial charge in [-0.2, -0.15) is 0 Å².